The van der Waals surface area contributed by atoms with Crippen LogP contribution in [0.4, 0.5) is 0 Å². The molecule has 0 radical (unpaired) electrons. The zero-order valence-electron chi connectivity index (χ0n) is 17.3. The lowest BCUT2D eigenvalue weighted by molar-refractivity contribution is 0.0395. The first-order chi connectivity index (χ1) is 11.9. The largest absolute Gasteiger partial charge is 0.300 e. The van der Waals surface area contributed by atoms with Crippen molar-refractivity contribution in [2.24, 2.45) is 0 Å². The van der Waals surface area contributed by atoms with Crippen LogP contribution in [0.3, 0.4) is 0 Å². The molecule has 1 aliphatic heterocycles. The summed E-state index contributed by atoms with van der Waals surface area (Å²) in [5.41, 5.74) is 0. The highest BCUT2D eigenvalue weighted by molar-refractivity contribution is 7.92. The number of sulfone groups is 2. The molecule has 6 nitrogen and oxygen atoms in total. The summed E-state index contributed by atoms with van der Waals surface area (Å²) in [7, 11) is -5.94. The van der Waals surface area contributed by atoms with Crippen LogP contribution < -0.4 is 0 Å². The average molecular weight is 411 g/mol. The molecule has 2 atom stereocenters. The third-order valence-corrected chi connectivity index (χ3v) is 9.95. The lowest BCUT2D eigenvalue weighted by Gasteiger charge is -2.44. The van der Waals surface area contributed by atoms with Crippen molar-refractivity contribution in [3.8, 4) is 0 Å². The van der Waals surface area contributed by atoms with E-state index in [0.29, 0.717) is 24.9 Å². The maximum Gasteiger partial charge on any atom is 0.152 e. The molecule has 0 aromatic heterocycles. The molecule has 0 N–H and O–H groups in total. The molecule has 1 saturated heterocycles. The summed E-state index contributed by atoms with van der Waals surface area (Å²) in [5.74, 6) is 0.498. The maximum atomic E-state index is 12.0. The first-order valence-corrected chi connectivity index (χ1v) is 13.2. The molecule has 1 aliphatic rings. The summed E-state index contributed by atoms with van der Waals surface area (Å²) in [6.45, 7) is 14.7. The monoisotopic (exact) mass is 410 g/mol. The Balaban J connectivity index is 2.44. The van der Waals surface area contributed by atoms with E-state index in [-0.39, 0.29) is 22.0 Å². The van der Waals surface area contributed by atoms with Crippen molar-refractivity contribution in [1.29, 1.82) is 0 Å². The van der Waals surface area contributed by atoms with Crippen molar-refractivity contribution < 1.29 is 16.8 Å². The molecule has 0 bridgehead atoms. The van der Waals surface area contributed by atoms with E-state index >= 15 is 0 Å². The molecular weight excluding hydrogens is 372 g/mol. The summed E-state index contributed by atoms with van der Waals surface area (Å²) >= 11 is 0. The molecule has 8 heteroatoms. The van der Waals surface area contributed by atoms with Gasteiger partial charge in [-0.1, -0.05) is 0 Å². The average Bonchev–Trinajstić information content (AvgIpc) is 2.49. The van der Waals surface area contributed by atoms with Crippen LogP contribution >= 0.6 is 0 Å². The van der Waals surface area contributed by atoms with Crippen LogP contribution in [-0.4, -0.2) is 86.9 Å². The quantitative estimate of drug-likeness (QED) is 0.547. The molecule has 0 aromatic carbocycles. The predicted octanol–water partition coefficient (Wildman–Crippen LogP) is 1.81. The van der Waals surface area contributed by atoms with E-state index in [4.69, 9.17) is 0 Å². The molecule has 0 aliphatic carbocycles. The van der Waals surface area contributed by atoms with Gasteiger partial charge in [-0.2, -0.15) is 0 Å². The van der Waals surface area contributed by atoms with Crippen LogP contribution in [0.2, 0.25) is 0 Å². The van der Waals surface area contributed by atoms with Crippen molar-refractivity contribution in [2.75, 3.05) is 37.7 Å². The van der Waals surface area contributed by atoms with Crippen molar-refractivity contribution >= 4 is 19.7 Å². The smallest absolute Gasteiger partial charge is 0.152 e. The van der Waals surface area contributed by atoms with Crippen LogP contribution in [0.25, 0.3) is 0 Å². The predicted molar refractivity (Wildman–Crippen MR) is 109 cm³/mol. The number of piperazine rings is 1. The van der Waals surface area contributed by atoms with Crippen LogP contribution in [0.15, 0.2) is 0 Å². The van der Waals surface area contributed by atoms with Crippen molar-refractivity contribution in [2.45, 2.75) is 77.0 Å². The summed E-state index contributed by atoms with van der Waals surface area (Å²) in [6, 6.07) is 0.699. The zero-order valence-corrected chi connectivity index (χ0v) is 18.9. The highest BCUT2D eigenvalue weighted by Gasteiger charge is 2.29. The second-order valence-corrected chi connectivity index (χ2v) is 13.6. The fourth-order valence-corrected chi connectivity index (χ4v) is 5.50. The lowest BCUT2D eigenvalue weighted by atomic mass is 10.1. The highest BCUT2D eigenvalue weighted by Crippen LogP contribution is 2.17. The summed E-state index contributed by atoms with van der Waals surface area (Å²) in [4.78, 5) is 4.73. The van der Waals surface area contributed by atoms with Gasteiger partial charge in [-0.05, 0) is 67.5 Å². The van der Waals surface area contributed by atoms with Crippen LogP contribution in [0.5, 0.6) is 0 Å². The number of hydrogen-bond donors (Lipinski definition) is 0. The van der Waals surface area contributed by atoms with E-state index < -0.39 is 19.7 Å². The van der Waals surface area contributed by atoms with Crippen LogP contribution in [-0.2, 0) is 19.7 Å². The molecule has 1 fully saturated rings. The van der Waals surface area contributed by atoms with E-state index in [1.165, 1.54) is 0 Å². The van der Waals surface area contributed by atoms with Crippen molar-refractivity contribution in [3.05, 3.63) is 0 Å². The molecule has 0 spiro atoms. The van der Waals surface area contributed by atoms with E-state index in [9.17, 15) is 16.8 Å². The van der Waals surface area contributed by atoms with Gasteiger partial charge in [0.25, 0.3) is 0 Å². The number of hydrogen-bond acceptors (Lipinski definition) is 6. The summed E-state index contributed by atoms with van der Waals surface area (Å²) < 4.78 is 47.8. The Kier molecular flexibility index (Phi) is 9.03. The molecule has 0 unspecified atom stereocenters. The normalized spacial score (nSPS) is 23.8. The molecule has 1 rings (SSSR count). The summed E-state index contributed by atoms with van der Waals surface area (Å²) in [6.07, 6.45) is 1.34. The van der Waals surface area contributed by atoms with Gasteiger partial charge in [0.2, 0.25) is 0 Å². The van der Waals surface area contributed by atoms with Crippen molar-refractivity contribution in [3.63, 3.8) is 0 Å². The van der Waals surface area contributed by atoms with E-state index in [1.807, 2.05) is 0 Å². The maximum absolute atomic E-state index is 12.0. The van der Waals surface area contributed by atoms with Gasteiger partial charge in [0.05, 0.1) is 22.0 Å². The van der Waals surface area contributed by atoms with E-state index in [2.05, 4.69) is 23.6 Å². The Hall–Kier alpha value is -0.180. The molecule has 0 amide bonds. The third kappa shape index (κ3) is 7.09. The molecule has 0 saturated carbocycles. The Labute approximate surface area is 161 Å². The molecule has 0 aromatic rings. The topological polar surface area (TPSA) is 74.8 Å². The number of rotatable bonds is 10. The van der Waals surface area contributed by atoms with Gasteiger partial charge in [-0.3, -0.25) is 4.90 Å². The lowest BCUT2D eigenvalue weighted by Crippen LogP contribution is -2.57. The van der Waals surface area contributed by atoms with Gasteiger partial charge < -0.3 is 4.90 Å². The zero-order chi connectivity index (χ0) is 20.1. The van der Waals surface area contributed by atoms with Crippen molar-refractivity contribution in [1.82, 2.24) is 9.80 Å². The second kappa shape index (κ2) is 9.85. The minimum absolute atomic E-state index is 0.247. The second-order valence-electron chi connectivity index (χ2n) is 8.23. The van der Waals surface area contributed by atoms with Gasteiger partial charge in [0, 0.05) is 25.2 Å². The minimum atomic E-state index is -2.97. The minimum Gasteiger partial charge on any atom is -0.300 e. The van der Waals surface area contributed by atoms with Gasteiger partial charge in [-0.25, -0.2) is 16.8 Å². The number of nitrogens with zero attached hydrogens (tertiary/aromatic N) is 2. The Morgan fingerprint density at radius 1 is 0.769 bits per heavy atom. The Bertz CT molecular complexity index is 618. The van der Waals surface area contributed by atoms with Crippen LogP contribution in [0.1, 0.15) is 54.4 Å². The van der Waals surface area contributed by atoms with Gasteiger partial charge in [-0.15, -0.1) is 0 Å². The molecule has 1 heterocycles. The Morgan fingerprint density at radius 2 is 1.15 bits per heavy atom. The highest BCUT2D eigenvalue weighted by atomic mass is 32.2. The molecule has 156 valence electrons. The van der Waals surface area contributed by atoms with Gasteiger partial charge >= 0.3 is 0 Å². The molecule has 26 heavy (non-hydrogen) atoms. The van der Waals surface area contributed by atoms with Crippen LogP contribution in [0, 0.1) is 0 Å². The van der Waals surface area contributed by atoms with E-state index in [1.54, 1.807) is 27.7 Å². The van der Waals surface area contributed by atoms with Gasteiger partial charge in [0.1, 0.15) is 0 Å². The SMILES string of the molecule is CC(C)S(=O)(=O)CCCN1C[C@@H](C)N(CCCS(=O)(=O)C(C)C)[C@H](C)C1. The first kappa shape index (κ1) is 23.9. The fraction of sp³-hybridized carbons (Fsp3) is 1.00. The van der Waals surface area contributed by atoms with Gasteiger partial charge in [0.15, 0.2) is 19.7 Å². The fourth-order valence-electron chi connectivity index (χ4n) is 3.50. The third-order valence-electron chi connectivity index (χ3n) is 5.36. The standard InChI is InChI=1S/C18H38N2O4S2/c1-15(2)25(21,22)11-7-9-19-13-17(5)20(18(6)14-19)10-8-12-26(23,24)16(3)4/h15-18H,7-14H2,1-6H3/t17-,18-/m1/s1. The van der Waals surface area contributed by atoms with E-state index in [0.717, 1.165) is 26.2 Å². The Morgan fingerprint density at radius 3 is 1.54 bits per heavy atom. The first-order valence-electron chi connectivity index (χ1n) is 9.78. The molecular formula is C18H38N2O4S2. The summed E-state index contributed by atoms with van der Waals surface area (Å²) in [5, 5.41) is -0.615.